The van der Waals surface area contributed by atoms with Crippen LogP contribution >= 0.6 is 15.9 Å². The Morgan fingerprint density at radius 2 is 1.94 bits per heavy atom. The number of rotatable bonds is 2. The third-order valence-corrected chi connectivity index (χ3v) is 2.41. The number of carbonyl (C=O) groups excluding carboxylic acids is 1. The zero-order valence-corrected chi connectivity index (χ0v) is 9.86. The highest BCUT2D eigenvalue weighted by Gasteiger charge is 2.33. The average molecular weight is 317 g/mol. The Morgan fingerprint density at radius 3 is 2.41 bits per heavy atom. The lowest BCUT2D eigenvalue weighted by atomic mass is 10.2. The molecule has 8 heteroatoms. The minimum atomic E-state index is -4.98. The molecular formula is C9H5BrF4O3. The monoisotopic (exact) mass is 316 g/mol. The zero-order valence-electron chi connectivity index (χ0n) is 8.27. The first kappa shape index (κ1) is 13.8. The summed E-state index contributed by atoms with van der Waals surface area (Å²) in [5.74, 6) is -2.88. The van der Waals surface area contributed by atoms with Crippen LogP contribution in [0.25, 0.3) is 0 Å². The maximum absolute atomic E-state index is 13.2. The van der Waals surface area contributed by atoms with E-state index >= 15 is 0 Å². The summed E-state index contributed by atoms with van der Waals surface area (Å²) in [5.41, 5.74) is -0.382. The Morgan fingerprint density at radius 1 is 1.35 bits per heavy atom. The Hall–Kier alpha value is -1.31. The van der Waals surface area contributed by atoms with E-state index in [4.69, 9.17) is 0 Å². The third-order valence-electron chi connectivity index (χ3n) is 1.64. The number of methoxy groups -OCH3 is 1. The Kier molecular flexibility index (Phi) is 3.97. The van der Waals surface area contributed by atoms with Gasteiger partial charge in [0.1, 0.15) is 11.6 Å². The Labute approximate surface area is 101 Å². The van der Waals surface area contributed by atoms with Crippen LogP contribution in [0.1, 0.15) is 10.4 Å². The molecule has 0 unspecified atom stereocenters. The fourth-order valence-corrected chi connectivity index (χ4v) is 1.31. The number of carbonyl (C=O) groups is 1. The van der Waals surface area contributed by atoms with E-state index in [2.05, 4.69) is 25.4 Å². The highest BCUT2D eigenvalue weighted by Crippen LogP contribution is 2.33. The molecule has 0 saturated carbocycles. The fraction of sp³-hybridized carbons (Fsp3) is 0.222. The summed E-state index contributed by atoms with van der Waals surface area (Å²) in [7, 11) is 1.02. The molecule has 0 fully saturated rings. The second kappa shape index (κ2) is 4.91. The van der Waals surface area contributed by atoms with E-state index in [-0.39, 0.29) is 5.56 Å². The molecule has 0 radical (unpaired) electrons. The van der Waals surface area contributed by atoms with Crippen molar-refractivity contribution in [2.45, 2.75) is 6.36 Å². The van der Waals surface area contributed by atoms with Crippen molar-refractivity contribution in [1.82, 2.24) is 0 Å². The topological polar surface area (TPSA) is 35.5 Å². The zero-order chi connectivity index (χ0) is 13.2. The largest absolute Gasteiger partial charge is 0.573 e. The highest BCUT2D eigenvalue weighted by molar-refractivity contribution is 9.10. The second-order valence-electron chi connectivity index (χ2n) is 2.81. The van der Waals surface area contributed by atoms with Gasteiger partial charge in [-0.3, -0.25) is 0 Å². The first-order valence-corrected chi connectivity index (χ1v) is 4.87. The molecule has 94 valence electrons. The predicted octanol–water partition coefficient (Wildman–Crippen LogP) is 3.27. The number of ether oxygens (including phenoxy) is 2. The number of alkyl halides is 3. The van der Waals surface area contributed by atoms with Crippen molar-refractivity contribution in [3.63, 3.8) is 0 Å². The lowest BCUT2D eigenvalue weighted by Gasteiger charge is -2.12. The number of benzene rings is 1. The molecule has 0 aliphatic rings. The highest BCUT2D eigenvalue weighted by atomic mass is 79.9. The number of halogens is 5. The van der Waals surface area contributed by atoms with Gasteiger partial charge in [0, 0.05) is 0 Å². The van der Waals surface area contributed by atoms with Gasteiger partial charge in [0.05, 0.1) is 17.1 Å². The van der Waals surface area contributed by atoms with Gasteiger partial charge in [-0.1, -0.05) is 0 Å². The first-order valence-electron chi connectivity index (χ1n) is 4.07. The summed E-state index contributed by atoms with van der Waals surface area (Å²) in [6, 6.07) is 1.46. The van der Waals surface area contributed by atoms with E-state index in [1.807, 2.05) is 0 Å². The van der Waals surface area contributed by atoms with Crippen LogP contribution in [0.3, 0.4) is 0 Å². The number of hydrogen-bond donors (Lipinski definition) is 0. The van der Waals surface area contributed by atoms with Gasteiger partial charge in [-0.25, -0.2) is 9.18 Å². The van der Waals surface area contributed by atoms with Gasteiger partial charge in [-0.15, -0.1) is 13.2 Å². The molecule has 0 aliphatic heterocycles. The Balaban J connectivity index is 3.20. The van der Waals surface area contributed by atoms with Crippen molar-refractivity contribution in [3.8, 4) is 5.75 Å². The van der Waals surface area contributed by atoms with Crippen LogP contribution in [0.4, 0.5) is 17.6 Å². The molecule has 17 heavy (non-hydrogen) atoms. The molecule has 0 spiro atoms. The minimum Gasteiger partial charge on any atom is -0.465 e. The van der Waals surface area contributed by atoms with Gasteiger partial charge >= 0.3 is 12.3 Å². The molecule has 0 atom stereocenters. The lowest BCUT2D eigenvalue weighted by Crippen LogP contribution is -2.18. The molecule has 0 aromatic heterocycles. The van der Waals surface area contributed by atoms with E-state index in [0.29, 0.717) is 0 Å². The maximum Gasteiger partial charge on any atom is 0.573 e. The van der Waals surface area contributed by atoms with Crippen molar-refractivity contribution in [2.24, 2.45) is 0 Å². The van der Waals surface area contributed by atoms with Crippen molar-refractivity contribution in [1.29, 1.82) is 0 Å². The summed E-state index contributed by atoms with van der Waals surface area (Å²) in [6.07, 6.45) is -4.98. The van der Waals surface area contributed by atoms with E-state index < -0.39 is 28.4 Å². The van der Waals surface area contributed by atoms with Gasteiger partial charge in [0.25, 0.3) is 0 Å². The molecule has 0 aliphatic carbocycles. The van der Waals surface area contributed by atoms with E-state index in [0.717, 1.165) is 19.2 Å². The van der Waals surface area contributed by atoms with E-state index in [1.165, 1.54) is 0 Å². The molecule has 3 nitrogen and oxygen atoms in total. The van der Waals surface area contributed by atoms with Gasteiger partial charge in [-0.2, -0.15) is 0 Å². The molecule has 0 N–H and O–H groups in total. The van der Waals surface area contributed by atoms with Crippen molar-refractivity contribution >= 4 is 21.9 Å². The van der Waals surface area contributed by atoms with Crippen LogP contribution in [0.2, 0.25) is 0 Å². The quantitative estimate of drug-likeness (QED) is 0.620. The van der Waals surface area contributed by atoms with Crippen LogP contribution in [0.5, 0.6) is 5.75 Å². The van der Waals surface area contributed by atoms with E-state index in [9.17, 15) is 22.4 Å². The summed E-state index contributed by atoms with van der Waals surface area (Å²) in [5, 5.41) is 0. The maximum atomic E-state index is 13.2. The molecule has 0 amide bonds. The molecule has 0 saturated heterocycles. The third kappa shape index (κ3) is 3.58. The minimum absolute atomic E-state index is 0.382. The molecular weight excluding hydrogens is 312 g/mol. The van der Waals surface area contributed by atoms with Crippen LogP contribution in [0, 0.1) is 5.82 Å². The van der Waals surface area contributed by atoms with Crippen molar-refractivity contribution in [2.75, 3.05) is 7.11 Å². The second-order valence-corrected chi connectivity index (χ2v) is 3.60. The standard InChI is InChI=1S/C9H5BrF4O3/c1-16-8(15)4-2-5(11)7(10)6(3-4)17-9(12,13)14/h2-3H,1H3. The SMILES string of the molecule is COC(=O)c1cc(F)c(Br)c(OC(F)(F)F)c1. The van der Waals surface area contributed by atoms with E-state index in [1.54, 1.807) is 0 Å². The summed E-state index contributed by atoms with van der Waals surface area (Å²) >= 11 is 2.59. The van der Waals surface area contributed by atoms with Crippen molar-refractivity contribution in [3.05, 3.63) is 28.0 Å². The summed E-state index contributed by atoms with van der Waals surface area (Å²) in [6.45, 7) is 0. The van der Waals surface area contributed by atoms with Crippen LogP contribution in [0.15, 0.2) is 16.6 Å². The van der Waals surface area contributed by atoms with Crippen LogP contribution in [-0.2, 0) is 4.74 Å². The van der Waals surface area contributed by atoms with Gasteiger partial charge in [0.15, 0.2) is 0 Å². The number of hydrogen-bond acceptors (Lipinski definition) is 3. The van der Waals surface area contributed by atoms with Crippen LogP contribution in [-0.4, -0.2) is 19.4 Å². The molecule has 0 bridgehead atoms. The van der Waals surface area contributed by atoms with Gasteiger partial charge in [0.2, 0.25) is 0 Å². The normalized spacial score (nSPS) is 11.2. The first-order chi connectivity index (χ1) is 7.74. The van der Waals surface area contributed by atoms with Gasteiger partial charge < -0.3 is 9.47 Å². The van der Waals surface area contributed by atoms with Crippen LogP contribution < -0.4 is 4.74 Å². The van der Waals surface area contributed by atoms with Gasteiger partial charge in [-0.05, 0) is 28.1 Å². The molecule has 1 rings (SSSR count). The molecule has 1 aromatic rings. The van der Waals surface area contributed by atoms with Crippen molar-refractivity contribution < 1.29 is 31.8 Å². The number of esters is 1. The molecule has 0 heterocycles. The lowest BCUT2D eigenvalue weighted by molar-refractivity contribution is -0.275. The molecule has 1 aromatic carbocycles. The fourth-order valence-electron chi connectivity index (χ4n) is 0.998. The smallest absolute Gasteiger partial charge is 0.465 e. The average Bonchev–Trinajstić information content (AvgIpc) is 2.21. The predicted molar refractivity (Wildman–Crippen MR) is 52.1 cm³/mol. The Bertz CT molecular complexity index is 445. The summed E-state index contributed by atoms with van der Waals surface area (Å²) < 4.78 is 56.5. The summed E-state index contributed by atoms with van der Waals surface area (Å²) in [4.78, 5) is 11.1.